The van der Waals surface area contributed by atoms with E-state index in [1.807, 2.05) is 36.4 Å². The van der Waals surface area contributed by atoms with Crippen LogP contribution in [0.15, 0.2) is 42.6 Å². The van der Waals surface area contributed by atoms with Gasteiger partial charge in [0.2, 0.25) is 23.6 Å². The topological polar surface area (TPSA) is 165 Å². The highest BCUT2D eigenvalue weighted by Crippen LogP contribution is 2.12. The van der Waals surface area contributed by atoms with Crippen LogP contribution >= 0.6 is 0 Å². The average Bonchev–Trinajstić information content (AvgIpc) is 3.36. The summed E-state index contributed by atoms with van der Waals surface area (Å²) in [6, 6.07) is 10.0. The molecule has 2 aromatic rings. The highest BCUT2D eigenvalue weighted by atomic mass is 16.2. The summed E-state index contributed by atoms with van der Waals surface area (Å²) in [4.78, 5) is 67.3. The smallest absolute Gasteiger partial charge is 0.270 e. The van der Waals surface area contributed by atoms with E-state index in [4.69, 9.17) is 0 Å². The minimum atomic E-state index is -0.950. The van der Waals surface area contributed by atoms with Crippen molar-refractivity contribution in [1.29, 1.82) is 5.26 Å². The first-order valence-corrected chi connectivity index (χ1v) is 14.6. The van der Waals surface area contributed by atoms with E-state index in [1.165, 1.54) is 13.0 Å². The SMILES string of the molecule is CC(C)[C@H]1NC(=O)[C@@H](C)NC(=O)[C@H](Cc2ccccc2)NC(=O)CCCN(C(=O)c2cc(C#N)cn2C)CCCNC1=O. The predicted molar refractivity (Wildman–Crippen MR) is 159 cm³/mol. The number of rotatable bonds is 4. The minimum Gasteiger partial charge on any atom is -0.354 e. The van der Waals surface area contributed by atoms with Gasteiger partial charge < -0.3 is 30.7 Å². The number of hydrogen-bond donors (Lipinski definition) is 4. The third kappa shape index (κ3) is 9.43. The summed E-state index contributed by atoms with van der Waals surface area (Å²) in [5.41, 5.74) is 1.52. The van der Waals surface area contributed by atoms with Crippen LogP contribution in [0.5, 0.6) is 0 Å². The lowest BCUT2D eigenvalue weighted by Crippen LogP contribution is -2.57. The zero-order valence-corrected chi connectivity index (χ0v) is 25.2. The number of aromatic nitrogens is 1. The number of amides is 5. The number of carbonyl (C=O) groups is 5. The Balaban J connectivity index is 1.84. The van der Waals surface area contributed by atoms with Crippen molar-refractivity contribution in [1.82, 2.24) is 30.7 Å². The fourth-order valence-corrected chi connectivity index (χ4v) is 4.86. The van der Waals surface area contributed by atoms with Gasteiger partial charge in [-0.15, -0.1) is 0 Å². The molecule has 12 nitrogen and oxygen atoms in total. The quantitative estimate of drug-likeness (QED) is 0.414. The second-order valence-corrected chi connectivity index (χ2v) is 11.1. The molecule has 0 saturated carbocycles. The van der Waals surface area contributed by atoms with Gasteiger partial charge in [-0.05, 0) is 37.3 Å². The first kappa shape index (κ1) is 32.8. The van der Waals surface area contributed by atoms with E-state index in [-0.39, 0.29) is 49.6 Å². The lowest BCUT2D eigenvalue weighted by molar-refractivity contribution is -0.134. The van der Waals surface area contributed by atoms with Gasteiger partial charge in [0.05, 0.1) is 5.56 Å². The van der Waals surface area contributed by atoms with Crippen LogP contribution in [0.3, 0.4) is 0 Å². The first-order valence-electron chi connectivity index (χ1n) is 14.6. The standard InChI is InChI=1S/C31H41N7O5/c1-20(2)27-30(42)33-13-9-15-38(31(43)25-17-23(18-32)19-37(25)4)14-8-12-26(39)35-24(16-22-10-6-5-7-11-22)29(41)34-21(3)28(40)36-27/h5-7,10-11,17,19-21,24,27H,8-9,12-16H2,1-4H3,(H,33,42)(H,34,41)(H,35,39)(H,36,40)/t21-,24+,27-/m1/s1. The Morgan fingerprint density at radius 1 is 1.00 bits per heavy atom. The number of benzene rings is 1. The van der Waals surface area contributed by atoms with Gasteiger partial charge in [0.25, 0.3) is 5.91 Å². The van der Waals surface area contributed by atoms with Crippen molar-refractivity contribution in [3.05, 3.63) is 59.4 Å². The molecule has 0 radical (unpaired) electrons. The van der Waals surface area contributed by atoms with E-state index in [1.54, 1.807) is 36.6 Å². The van der Waals surface area contributed by atoms with Gasteiger partial charge in [-0.3, -0.25) is 24.0 Å². The molecule has 1 aliphatic heterocycles. The number of aryl methyl sites for hydroxylation is 1. The molecular formula is C31H41N7O5. The molecule has 12 heteroatoms. The van der Waals surface area contributed by atoms with Gasteiger partial charge in [-0.25, -0.2) is 0 Å². The summed E-state index contributed by atoms with van der Waals surface area (Å²) in [6.07, 6.45) is 2.60. The molecule has 1 saturated heterocycles. The maximum absolute atomic E-state index is 13.4. The zero-order chi connectivity index (χ0) is 31.5. The van der Waals surface area contributed by atoms with E-state index in [2.05, 4.69) is 21.3 Å². The molecule has 1 aromatic carbocycles. The van der Waals surface area contributed by atoms with Crippen LogP contribution in [-0.4, -0.2) is 76.8 Å². The molecule has 230 valence electrons. The average molecular weight is 592 g/mol. The number of hydrogen-bond acceptors (Lipinski definition) is 6. The molecule has 1 aromatic heterocycles. The maximum Gasteiger partial charge on any atom is 0.270 e. The fraction of sp³-hybridized carbons (Fsp3) is 0.484. The van der Waals surface area contributed by atoms with Crippen LogP contribution in [0, 0.1) is 17.2 Å². The number of nitrogens with zero attached hydrogens (tertiary/aromatic N) is 3. The summed E-state index contributed by atoms with van der Waals surface area (Å²) < 4.78 is 1.59. The van der Waals surface area contributed by atoms with Crippen molar-refractivity contribution < 1.29 is 24.0 Å². The normalized spacial score (nSPS) is 21.5. The highest BCUT2D eigenvalue weighted by Gasteiger charge is 2.29. The van der Waals surface area contributed by atoms with Crippen LogP contribution in [0.2, 0.25) is 0 Å². The Hall–Kier alpha value is -4.66. The van der Waals surface area contributed by atoms with Gasteiger partial charge in [-0.1, -0.05) is 44.2 Å². The van der Waals surface area contributed by atoms with E-state index in [0.717, 1.165) is 5.56 Å². The van der Waals surface area contributed by atoms with Gasteiger partial charge in [-0.2, -0.15) is 5.26 Å². The Kier molecular flexibility index (Phi) is 11.9. The summed E-state index contributed by atoms with van der Waals surface area (Å²) in [5, 5.41) is 20.3. The molecule has 3 atom stereocenters. The lowest BCUT2D eigenvalue weighted by Gasteiger charge is -2.26. The summed E-state index contributed by atoms with van der Waals surface area (Å²) in [5.74, 6) is -2.31. The van der Waals surface area contributed by atoms with E-state index >= 15 is 0 Å². The molecule has 3 rings (SSSR count). The third-order valence-electron chi connectivity index (χ3n) is 7.31. The van der Waals surface area contributed by atoms with Crippen molar-refractivity contribution in [2.45, 2.75) is 64.6 Å². The monoisotopic (exact) mass is 591 g/mol. The molecule has 0 spiro atoms. The largest absolute Gasteiger partial charge is 0.354 e. The molecule has 0 bridgehead atoms. The number of nitrogens with one attached hydrogen (secondary N) is 4. The Morgan fingerprint density at radius 2 is 1.70 bits per heavy atom. The summed E-state index contributed by atoms with van der Waals surface area (Å²) in [7, 11) is 1.68. The van der Waals surface area contributed by atoms with Crippen LogP contribution < -0.4 is 21.3 Å². The summed E-state index contributed by atoms with van der Waals surface area (Å²) in [6.45, 7) is 5.95. The second kappa shape index (κ2) is 15.5. The van der Waals surface area contributed by atoms with Crippen molar-refractivity contribution >= 4 is 29.5 Å². The van der Waals surface area contributed by atoms with Gasteiger partial charge in [0.15, 0.2) is 0 Å². The van der Waals surface area contributed by atoms with E-state index in [9.17, 15) is 29.2 Å². The molecular weight excluding hydrogens is 550 g/mol. The molecule has 1 aliphatic rings. The van der Waals surface area contributed by atoms with Crippen molar-refractivity contribution in [3.63, 3.8) is 0 Å². The molecule has 5 amide bonds. The fourth-order valence-electron chi connectivity index (χ4n) is 4.86. The van der Waals surface area contributed by atoms with Crippen LogP contribution in [-0.2, 0) is 32.6 Å². The number of nitriles is 1. The minimum absolute atomic E-state index is 0.0573. The van der Waals surface area contributed by atoms with Crippen LogP contribution in [0.4, 0.5) is 0 Å². The molecule has 4 N–H and O–H groups in total. The van der Waals surface area contributed by atoms with Gasteiger partial charge in [0.1, 0.15) is 29.9 Å². The first-order chi connectivity index (χ1) is 20.5. The van der Waals surface area contributed by atoms with Crippen molar-refractivity contribution in [2.24, 2.45) is 13.0 Å². The summed E-state index contributed by atoms with van der Waals surface area (Å²) >= 11 is 0. The molecule has 0 unspecified atom stereocenters. The third-order valence-corrected chi connectivity index (χ3v) is 7.31. The Bertz CT molecular complexity index is 1350. The highest BCUT2D eigenvalue weighted by molar-refractivity contribution is 5.95. The van der Waals surface area contributed by atoms with Crippen molar-refractivity contribution in [2.75, 3.05) is 19.6 Å². The van der Waals surface area contributed by atoms with Crippen LogP contribution in [0.1, 0.15) is 61.6 Å². The predicted octanol–water partition coefficient (Wildman–Crippen LogP) is 1.01. The molecule has 0 aliphatic carbocycles. The lowest BCUT2D eigenvalue weighted by atomic mass is 10.0. The van der Waals surface area contributed by atoms with E-state index in [0.29, 0.717) is 30.6 Å². The van der Waals surface area contributed by atoms with Gasteiger partial charge in [0, 0.05) is 45.7 Å². The van der Waals surface area contributed by atoms with Crippen LogP contribution in [0.25, 0.3) is 0 Å². The number of carbonyl (C=O) groups excluding carboxylic acids is 5. The van der Waals surface area contributed by atoms with Crippen molar-refractivity contribution in [3.8, 4) is 6.07 Å². The second-order valence-electron chi connectivity index (χ2n) is 11.1. The molecule has 1 fully saturated rings. The van der Waals surface area contributed by atoms with E-state index < -0.39 is 29.9 Å². The zero-order valence-electron chi connectivity index (χ0n) is 25.2. The Morgan fingerprint density at radius 3 is 2.35 bits per heavy atom. The Labute approximate surface area is 252 Å². The van der Waals surface area contributed by atoms with Gasteiger partial charge >= 0.3 is 0 Å². The molecule has 2 heterocycles. The molecule has 43 heavy (non-hydrogen) atoms. The maximum atomic E-state index is 13.4.